The zero-order valence-corrected chi connectivity index (χ0v) is 18.2. The Balaban J connectivity index is 1.22. The first-order valence-corrected chi connectivity index (χ1v) is 11.2. The van der Waals surface area contributed by atoms with Gasteiger partial charge in [-0.15, -0.1) is 13.2 Å². The summed E-state index contributed by atoms with van der Waals surface area (Å²) in [5.74, 6) is 0.105. The second kappa shape index (κ2) is 8.77. The standard InChI is InChI=1S/C23H23F3N4O4/c24-23(25,26)34-17-5-3-15(4-6-17)22(32)29-8-7-21(31)30-13-18(9-16(30)12-29)33-20-11-27-19(10-28-20)14-1-2-14/h3-6,10-11,14,16,18H,1-2,7-9,12-13H2/t16-,18-/m0/s1. The lowest BCUT2D eigenvalue weighted by Gasteiger charge is -2.25. The molecular weight excluding hydrogens is 453 g/mol. The SMILES string of the molecule is O=C(c1ccc(OC(F)(F)F)cc1)N1CCC(=O)N2C[C@@H](Oc3cnc(C4CC4)cn3)C[C@H]2C1. The molecule has 5 rings (SSSR count). The molecule has 180 valence electrons. The molecule has 0 bridgehead atoms. The van der Waals surface area contributed by atoms with Gasteiger partial charge in [-0.1, -0.05) is 0 Å². The van der Waals surface area contributed by atoms with Gasteiger partial charge in [0.15, 0.2) is 0 Å². The molecule has 2 saturated heterocycles. The smallest absolute Gasteiger partial charge is 0.471 e. The topological polar surface area (TPSA) is 84.9 Å². The third-order valence-corrected chi connectivity index (χ3v) is 6.28. The van der Waals surface area contributed by atoms with Crippen LogP contribution in [0.2, 0.25) is 0 Å². The summed E-state index contributed by atoms with van der Waals surface area (Å²) in [5.41, 5.74) is 1.20. The van der Waals surface area contributed by atoms with Crippen LogP contribution < -0.4 is 9.47 Å². The van der Waals surface area contributed by atoms with Crippen molar-refractivity contribution in [1.82, 2.24) is 19.8 Å². The van der Waals surface area contributed by atoms with Crippen LogP contribution in [0.4, 0.5) is 13.2 Å². The van der Waals surface area contributed by atoms with E-state index in [0.717, 1.165) is 30.7 Å². The predicted octanol–water partition coefficient (Wildman–Crippen LogP) is 3.15. The van der Waals surface area contributed by atoms with E-state index in [0.29, 0.717) is 31.3 Å². The zero-order chi connectivity index (χ0) is 23.9. The number of hydrogen-bond donors (Lipinski definition) is 0. The molecule has 34 heavy (non-hydrogen) atoms. The van der Waals surface area contributed by atoms with Gasteiger partial charge in [-0.3, -0.25) is 14.6 Å². The maximum atomic E-state index is 13.0. The first kappa shape index (κ1) is 22.4. The molecule has 11 heteroatoms. The van der Waals surface area contributed by atoms with E-state index in [1.54, 1.807) is 22.2 Å². The molecule has 1 aliphatic carbocycles. The number of hydrogen-bond acceptors (Lipinski definition) is 6. The van der Waals surface area contributed by atoms with Crippen LogP contribution in [0, 0.1) is 0 Å². The van der Waals surface area contributed by atoms with Crippen LogP contribution in [-0.2, 0) is 4.79 Å². The zero-order valence-electron chi connectivity index (χ0n) is 18.2. The number of aromatic nitrogens is 2. The van der Waals surface area contributed by atoms with Gasteiger partial charge in [0, 0.05) is 37.4 Å². The fraction of sp³-hybridized carbons (Fsp3) is 0.478. The summed E-state index contributed by atoms with van der Waals surface area (Å²) in [5, 5.41) is 0. The van der Waals surface area contributed by atoms with E-state index in [1.807, 2.05) is 0 Å². The number of fused-ring (bicyclic) bond motifs is 1. The Hall–Kier alpha value is -3.37. The average Bonchev–Trinajstić information content (AvgIpc) is 3.59. The third kappa shape index (κ3) is 5.07. The van der Waals surface area contributed by atoms with Crippen LogP contribution in [0.15, 0.2) is 36.7 Å². The van der Waals surface area contributed by atoms with Crippen molar-refractivity contribution in [2.75, 3.05) is 19.6 Å². The highest BCUT2D eigenvalue weighted by atomic mass is 19.4. The van der Waals surface area contributed by atoms with Crippen LogP contribution in [0.5, 0.6) is 11.6 Å². The quantitative estimate of drug-likeness (QED) is 0.659. The van der Waals surface area contributed by atoms with Crippen LogP contribution in [0.25, 0.3) is 0 Å². The van der Waals surface area contributed by atoms with Gasteiger partial charge >= 0.3 is 6.36 Å². The molecule has 0 radical (unpaired) electrons. The van der Waals surface area contributed by atoms with Crippen LogP contribution in [0.1, 0.15) is 47.7 Å². The Kier molecular flexibility index (Phi) is 5.78. The molecule has 0 spiro atoms. The fourth-order valence-corrected chi connectivity index (χ4v) is 4.47. The van der Waals surface area contributed by atoms with Gasteiger partial charge in [0.05, 0.1) is 30.7 Å². The molecule has 2 amide bonds. The lowest BCUT2D eigenvalue weighted by Crippen LogP contribution is -2.40. The molecule has 2 aromatic rings. The molecule has 1 saturated carbocycles. The molecule has 0 unspecified atom stereocenters. The summed E-state index contributed by atoms with van der Waals surface area (Å²) >= 11 is 0. The minimum Gasteiger partial charge on any atom is -0.471 e. The van der Waals surface area contributed by atoms with E-state index in [1.165, 1.54) is 12.1 Å². The Bertz CT molecular complexity index is 1060. The molecule has 3 fully saturated rings. The summed E-state index contributed by atoms with van der Waals surface area (Å²) in [6, 6.07) is 4.57. The number of halogens is 3. The number of rotatable bonds is 5. The molecule has 2 atom stereocenters. The highest BCUT2D eigenvalue weighted by molar-refractivity contribution is 5.95. The minimum atomic E-state index is -4.80. The van der Waals surface area contributed by atoms with E-state index < -0.39 is 12.1 Å². The van der Waals surface area contributed by atoms with Crippen molar-refractivity contribution in [1.29, 1.82) is 0 Å². The van der Waals surface area contributed by atoms with E-state index in [2.05, 4.69) is 14.7 Å². The molecule has 1 aromatic carbocycles. The van der Waals surface area contributed by atoms with Gasteiger partial charge in [0.1, 0.15) is 11.9 Å². The molecule has 3 heterocycles. The van der Waals surface area contributed by atoms with Crippen molar-refractivity contribution in [2.24, 2.45) is 0 Å². The number of ether oxygens (including phenoxy) is 2. The lowest BCUT2D eigenvalue weighted by molar-refractivity contribution is -0.274. The van der Waals surface area contributed by atoms with Crippen molar-refractivity contribution < 1.29 is 32.2 Å². The third-order valence-electron chi connectivity index (χ3n) is 6.28. The first-order valence-electron chi connectivity index (χ1n) is 11.2. The number of nitrogens with zero attached hydrogens (tertiary/aromatic N) is 4. The summed E-state index contributed by atoms with van der Waals surface area (Å²) in [6.45, 7) is 0.962. The Labute approximate surface area is 193 Å². The van der Waals surface area contributed by atoms with Crippen molar-refractivity contribution in [3.63, 3.8) is 0 Å². The maximum Gasteiger partial charge on any atom is 0.573 e. The fourth-order valence-electron chi connectivity index (χ4n) is 4.47. The minimum absolute atomic E-state index is 0.0597. The monoisotopic (exact) mass is 476 g/mol. The number of carbonyl (C=O) groups excluding carboxylic acids is 2. The van der Waals surface area contributed by atoms with Gasteiger partial charge in [-0.05, 0) is 37.1 Å². The van der Waals surface area contributed by atoms with Crippen molar-refractivity contribution in [3.8, 4) is 11.6 Å². The molecule has 1 aromatic heterocycles. The van der Waals surface area contributed by atoms with Crippen molar-refractivity contribution in [3.05, 3.63) is 47.9 Å². The summed E-state index contributed by atoms with van der Waals surface area (Å²) in [4.78, 5) is 37.7. The Morgan fingerprint density at radius 2 is 1.82 bits per heavy atom. The number of amides is 2. The largest absolute Gasteiger partial charge is 0.573 e. The van der Waals surface area contributed by atoms with Gasteiger partial charge in [0.2, 0.25) is 11.8 Å². The summed E-state index contributed by atoms with van der Waals surface area (Å²) in [6.07, 6.45) is 1.27. The molecule has 2 aliphatic heterocycles. The number of carbonyl (C=O) groups is 2. The second-order valence-corrected chi connectivity index (χ2v) is 8.80. The number of benzene rings is 1. The number of alkyl halides is 3. The van der Waals surface area contributed by atoms with Gasteiger partial charge < -0.3 is 19.3 Å². The van der Waals surface area contributed by atoms with Crippen molar-refractivity contribution in [2.45, 2.75) is 50.1 Å². The summed E-state index contributed by atoms with van der Waals surface area (Å²) in [7, 11) is 0. The van der Waals surface area contributed by atoms with E-state index in [9.17, 15) is 22.8 Å². The molecule has 3 aliphatic rings. The Morgan fingerprint density at radius 3 is 2.47 bits per heavy atom. The van der Waals surface area contributed by atoms with Crippen LogP contribution >= 0.6 is 0 Å². The maximum absolute atomic E-state index is 13.0. The van der Waals surface area contributed by atoms with Gasteiger partial charge in [-0.25, -0.2) is 4.98 Å². The lowest BCUT2D eigenvalue weighted by atomic mass is 10.1. The predicted molar refractivity (Wildman–Crippen MR) is 112 cm³/mol. The highest BCUT2D eigenvalue weighted by Gasteiger charge is 2.40. The molecular formula is C23H23F3N4O4. The van der Waals surface area contributed by atoms with Gasteiger partial charge in [-0.2, -0.15) is 0 Å². The average molecular weight is 476 g/mol. The van der Waals surface area contributed by atoms with Crippen LogP contribution in [0.3, 0.4) is 0 Å². The van der Waals surface area contributed by atoms with E-state index >= 15 is 0 Å². The second-order valence-electron chi connectivity index (χ2n) is 8.80. The molecule has 0 N–H and O–H groups in total. The van der Waals surface area contributed by atoms with E-state index in [4.69, 9.17) is 4.74 Å². The van der Waals surface area contributed by atoms with Gasteiger partial charge in [0.25, 0.3) is 5.91 Å². The van der Waals surface area contributed by atoms with E-state index in [-0.39, 0.29) is 42.5 Å². The van der Waals surface area contributed by atoms with Crippen LogP contribution in [-0.4, -0.2) is 69.7 Å². The first-order chi connectivity index (χ1) is 16.2. The highest BCUT2D eigenvalue weighted by Crippen LogP contribution is 2.38. The Morgan fingerprint density at radius 1 is 1.06 bits per heavy atom. The van der Waals surface area contributed by atoms with Crippen molar-refractivity contribution >= 4 is 11.8 Å². The summed E-state index contributed by atoms with van der Waals surface area (Å²) < 4.78 is 46.9. The molecule has 8 nitrogen and oxygen atoms in total. The normalized spacial score (nSPS) is 22.9.